The summed E-state index contributed by atoms with van der Waals surface area (Å²) in [5.74, 6) is 1.17. The van der Waals surface area contributed by atoms with Gasteiger partial charge in [0.2, 0.25) is 5.91 Å². The normalized spacial score (nSPS) is 10.8. The van der Waals surface area contributed by atoms with Crippen molar-refractivity contribution in [3.8, 4) is 11.5 Å². The Kier molecular flexibility index (Phi) is 7.36. The van der Waals surface area contributed by atoms with Gasteiger partial charge < -0.3 is 19.2 Å². The molecule has 0 unspecified atom stereocenters. The highest BCUT2D eigenvalue weighted by Crippen LogP contribution is 2.31. The Morgan fingerprint density at radius 2 is 1.88 bits per heavy atom. The maximum absolute atomic E-state index is 12.6. The maximum Gasteiger partial charge on any atom is 0.340 e. The van der Waals surface area contributed by atoms with Crippen LogP contribution in [0.4, 0.5) is 0 Å². The van der Waals surface area contributed by atoms with E-state index in [0.717, 1.165) is 22.4 Å². The first-order valence-electron chi connectivity index (χ1n) is 10.5. The third kappa shape index (κ3) is 5.58. The number of carbonyl (C=O) groups excluding carboxylic acids is 1. The van der Waals surface area contributed by atoms with Crippen LogP contribution in [0.2, 0.25) is 0 Å². The predicted molar refractivity (Wildman–Crippen MR) is 126 cm³/mol. The number of benzene rings is 2. The van der Waals surface area contributed by atoms with Gasteiger partial charge in [-0.05, 0) is 73.7 Å². The molecule has 3 rings (SSSR count). The van der Waals surface area contributed by atoms with Crippen molar-refractivity contribution in [1.29, 1.82) is 0 Å². The fourth-order valence-electron chi connectivity index (χ4n) is 3.52. The average Bonchev–Trinajstić information content (AvgIpc) is 2.75. The topological polar surface area (TPSA) is 77.8 Å². The zero-order valence-corrected chi connectivity index (χ0v) is 19.0. The first kappa shape index (κ1) is 23.1. The summed E-state index contributed by atoms with van der Waals surface area (Å²) in [7, 11) is 1.62. The minimum atomic E-state index is -0.503. The van der Waals surface area contributed by atoms with Gasteiger partial charge in [0.25, 0.3) is 0 Å². The van der Waals surface area contributed by atoms with Crippen LogP contribution in [0.15, 0.2) is 57.8 Å². The van der Waals surface area contributed by atoms with E-state index in [1.807, 2.05) is 51.1 Å². The Labute approximate surface area is 187 Å². The summed E-state index contributed by atoms with van der Waals surface area (Å²) in [5, 5.41) is 3.59. The SMILES string of the molecule is C=C(C)COc1cc(C)cc2oc(=O)c(CC(=O)NCCc3ccc(OC)cc3)c(C)c12. The standard InChI is InChI=1S/C26H29NO5/c1-16(2)15-31-22-12-17(3)13-23-25(22)18(4)21(26(29)32-23)14-24(28)27-11-10-19-6-8-20(30-5)9-7-19/h6-9,12-13H,1,10-11,14-15H2,2-5H3,(H,27,28). The number of hydrogen-bond acceptors (Lipinski definition) is 5. The average molecular weight is 436 g/mol. The van der Waals surface area contributed by atoms with Crippen molar-refractivity contribution in [2.45, 2.75) is 33.6 Å². The van der Waals surface area contributed by atoms with E-state index in [9.17, 15) is 9.59 Å². The zero-order valence-electron chi connectivity index (χ0n) is 19.0. The quantitative estimate of drug-likeness (QED) is 0.401. The molecule has 2 aromatic carbocycles. The summed E-state index contributed by atoms with van der Waals surface area (Å²) in [5.41, 5.74) is 3.86. The van der Waals surface area contributed by atoms with E-state index in [-0.39, 0.29) is 12.3 Å². The highest BCUT2D eigenvalue weighted by Gasteiger charge is 2.18. The Hall–Kier alpha value is -3.54. The van der Waals surface area contributed by atoms with Crippen molar-refractivity contribution < 1.29 is 18.7 Å². The molecular weight excluding hydrogens is 406 g/mol. The van der Waals surface area contributed by atoms with Gasteiger partial charge in [0.05, 0.1) is 24.5 Å². The molecule has 0 fully saturated rings. The molecule has 1 heterocycles. The number of hydrogen-bond donors (Lipinski definition) is 1. The molecule has 168 valence electrons. The molecular formula is C26H29NO5. The van der Waals surface area contributed by atoms with Gasteiger partial charge in [-0.3, -0.25) is 4.79 Å². The first-order chi connectivity index (χ1) is 15.3. The molecule has 6 nitrogen and oxygen atoms in total. The number of methoxy groups -OCH3 is 1. The maximum atomic E-state index is 12.6. The fourth-order valence-corrected chi connectivity index (χ4v) is 3.52. The molecule has 1 N–H and O–H groups in total. The van der Waals surface area contributed by atoms with Crippen LogP contribution in [0.25, 0.3) is 11.0 Å². The third-order valence-electron chi connectivity index (χ3n) is 5.19. The minimum Gasteiger partial charge on any atom is -0.497 e. The van der Waals surface area contributed by atoms with Crippen molar-refractivity contribution in [1.82, 2.24) is 5.32 Å². The number of amides is 1. The smallest absolute Gasteiger partial charge is 0.340 e. The molecule has 0 aliphatic carbocycles. The highest BCUT2D eigenvalue weighted by molar-refractivity contribution is 5.89. The predicted octanol–water partition coefficient (Wildman–Crippen LogP) is 4.27. The Balaban J connectivity index is 1.76. The van der Waals surface area contributed by atoms with E-state index in [0.29, 0.717) is 47.4 Å². The van der Waals surface area contributed by atoms with E-state index >= 15 is 0 Å². The summed E-state index contributed by atoms with van der Waals surface area (Å²) < 4.78 is 16.6. The largest absolute Gasteiger partial charge is 0.497 e. The Morgan fingerprint density at radius 1 is 1.16 bits per heavy atom. The van der Waals surface area contributed by atoms with Gasteiger partial charge in [0.15, 0.2) is 0 Å². The van der Waals surface area contributed by atoms with E-state index < -0.39 is 5.63 Å². The lowest BCUT2D eigenvalue weighted by Crippen LogP contribution is -2.29. The van der Waals surface area contributed by atoms with Gasteiger partial charge in [-0.15, -0.1) is 0 Å². The molecule has 0 atom stereocenters. The molecule has 1 aromatic heterocycles. The van der Waals surface area contributed by atoms with Crippen LogP contribution in [0, 0.1) is 13.8 Å². The van der Waals surface area contributed by atoms with Gasteiger partial charge in [-0.2, -0.15) is 0 Å². The molecule has 6 heteroatoms. The third-order valence-corrected chi connectivity index (χ3v) is 5.19. The lowest BCUT2D eigenvalue weighted by molar-refractivity contribution is -0.120. The first-order valence-corrected chi connectivity index (χ1v) is 10.5. The van der Waals surface area contributed by atoms with Gasteiger partial charge in [-0.1, -0.05) is 18.7 Å². The number of rotatable bonds is 9. The molecule has 0 bridgehead atoms. The van der Waals surface area contributed by atoms with Crippen LogP contribution < -0.4 is 20.4 Å². The summed E-state index contributed by atoms with van der Waals surface area (Å²) in [4.78, 5) is 25.2. The second-order valence-electron chi connectivity index (χ2n) is 8.00. The number of carbonyl (C=O) groups is 1. The van der Waals surface area contributed by atoms with Crippen LogP contribution >= 0.6 is 0 Å². The minimum absolute atomic E-state index is 0.0550. The van der Waals surface area contributed by atoms with Crippen molar-refractivity contribution in [3.05, 3.63) is 81.2 Å². The molecule has 0 saturated carbocycles. The number of ether oxygens (including phenoxy) is 2. The molecule has 0 saturated heterocycles. The molecule has 0 aliphatic heterocycles. The van der Waals surface area contributed by atoms with Crippen molar-refractivity contribution >= 4 is 16.9 Å². The van der Waals surface area contributed by atoms with Gasteiger partial charge in [0.1, 0.15) is 23.7 Å². The summed E-state index contributed by atoms with van der Waals surface area (Å²) in [6, 6.07) is 11.4. The number of aryl methyl sites for hydroxylation is 2. The van der Waals surface area contributed by atoms with Crippen molar-refractivity contribution in [2.75, 3.05) is 20.3 Å². The van der Waals surface area contributed by atoms with E-state index in [2.05, 4.69) is 11.9 Å². The fraction of sp³-hybridized carbons (Fsp3) is 0.308. The second-order valence-corrected chi connectivity index (χ2v) is 8.00. The molecule has 0 radical (unpaired) electrons. The van der Waals surface area contributed by atoms with Crippen molar-refractivity contribution in [3.63, 3.8) is 0 Å². The van der Waals surface area contributed by atoms with E-state index in [1.54, 1.807) is 13.2 Å². The highest BCUT2D eigenvalue weighted by atomic mass is 16.5. The van der Waals surface area contributed by atoms with E-state index in [4.69, 9.17) is 13.9 Å². The molecule has 32 heavy (non-hydrogen) atoms. The van der Waals surface area contributed by atoms with Gasteiger partial charge in [-0.25, -0.2) is 4.79 Å². The van der Waals surface area contributed by atoms with Gasteiger partial charge >= 0.3 is 5.63 Å². The van der Waals surface area contributed by atoms with Crippen LogP contribution in [0.3, 0.4) is 0 Å². The molecule has 0 aliphatic rings. The summed E-state index contributed by atoms with van der Waals surface area (Å²) in [6.07, 6.45) is 0.625. The lowest BCUT2D eigenvalue weighted by atomic mass is 10.0. The van der Waals surface area contributed by atoms with E-state index in [1.165, 1.54) is 0 Å². The molecule has 0 spiro atoms. The molecule has 1 amide bonds. The summed E-state index contributed by atoms with van der Waals surface area (Å²) >= 11 is 0. The second kappa shape index (κ2) is 10.2. The summed E-state index contributed by atoms with van der Waals surface area (Å²) in [6.45, 7) is 10.3. The number of nitrogens with one attached hydrogen (secondary N) is 1. The zero-order chi connectivity index (χ0) is 23.3. The Morgan fingerprint density at radius 3 is 2.53 bits per heavy atom. The van der Waals surface area contributed by atoms with Crippen LogP contribution in [0.5, 0.6) is 11.5 Å². The lowest BCUT2D eigenvalue weighted by Gasteiger charge is -2.14. The van der Waals surface area contributed by atoms with Crippen LogP contribution in [-0.2, 0) is 17.6 Å². The molecule has 3 aromatic rings. The van der Waals surface area contributed by atoms with Crippen LogP contribution in [-0.4, -0.2) is 26.2 Å². The monoisotopic (exact) mass is 435 g/mol. The van der Waals surface area contributed by atoms with Gasteiger partial charge in [0, 0.05) is 6.54 Å². The number of fused-ring (bicyclic) bond motifs is 1. The van der Waals surface area contributed by atoms with Crippen molar-refractivity contribution in [2.24, 2.45) is 0 Å². The van der Waals surface area contributed by atoms with Crippen LogP contribution in [0.1, 0.15) is 29.2 Å². The Bertz CT molecular complexity index is 1190.